The van der Waals surface area contributed by atoms with Gasteiger partial charge in [-0.2, -0.15) is 4.31 Å². The maximum atomic E-state index is 14.5. The van der Waals surface area contributed by atoms with Crippen LogP contribution in [-0.4, -0.2) is 55.7 Å². The van der Waals surface area contributed by atoms with Crippen LogP contribution in [0.15, 0.2) is 60.7 Å². The van der Waals surface area contributed by atoms with E-state index in [1.807, 2.05) is 36.4 Å². The van der Waals surface area contributed by atoms with E-state index in [0.29, 0.717) is 49.6 Å². The smallest absolute Gasteiger partial charge is 0.300 e. The zero-order valence-corrected chi connectivity index (χ0v) is 23.0. The standard InChI is InChI=1S/C27H27FN2O5S.C2H4O2/c1-36(32,33)30-12-10-19-16-22-7-8-23(19)27(30)20-4-2-5-21(17-20)34-13-3-11-29-26(31)15-18-6-9-24(28)25(14-18)35-22;1-2(3)4/h2,4-9,14,16-17,27H,3,10-13,15H2,1H3,(H,29,31);1H3,(H,3,4). The molecule has 3 aromatic carbocycles. The molecule has 3 aromatic rings. The third kappa shape index (κ3) is 7.36. The molecule has 3 aliphatic heterocycles. The number of fused-ring (bicyclic) bond motifs is 7. The molecular weight excluding hydrogens is 539 g/mol. The van der Waals surface area contributed by atoms with Crippen LogP contribution in [0.2, 0.25) is 0 Å². The first kappa shape index (κ1) is 29.0. The number of carbonyl (C=O) groups excluding carboxylic acids is 1. The maximum Gasteiger partial charge on any atom is 0.300 e. The number of ether oxygens (including phenoxy) is 2. The van der Waals surface area contributed by atoms with Gasteiger partial charge in [-0.05, 0) is 71.5 Å². The number of benzene rings is 3. The Hall–Kier alpha value is -3.96. The van der Waals surface area contributed by atoms with E-state index in [0.717, 1.165) is 23.6 Å². The molecule has 212 valence electrons. The van der Waals surface area contributed by atoms with Crippen LogP contribution in [-0.2, 0) is 32.5 Å². The highest BCUT2D eigenvalue weighted by molar-refractivity contribution is 7.88. The van der Waals surface area contributed by atoms with Crippen molar-refractivity contribution in [3.63, 3.8) is 0 Å². The van der Waals surface area contributed by atoms with Crippen molar-refractivity contribution >= 4 is 21.9 Å². The highest BCUT2D eigenvalue weighted by Crippen LogP contribution is 2.40. The van der Waals surface area contributed by atoms with Crippen molar-refractivity contribution in [2.24, 2.45) is 0 Å². The number of sulfonamides is 1. The number of hydrogen-bond acceptors (Lipinski definition) is 6. The van der Waals surface area contributed by atoms with Crippen molar-refractivity contribution in [2.45, 2.75) is 32.2 Å². The molecule has 0 aromatic heterocycles. The zero-order valence-electron chi connectivity index (χ0n) is 22.2. The number of amides is 1. The summed E-state index contributed by atoms with van der Waals surface area (Å²) >= 11 is 0. The van der Waals surface area contributed by atoms with Crippen molar-refractivity contribution in [1.29, 1.82) is 0 Å². The molecule has 3 heterocycles. The van der Waals surface area contributed by atoms with Crippen LogP contribution in [0.3, 0.4) is 0 Å². The Morgan fingerprint density at radius 2 is 1.88 bits per heavy atom. The van der Waals surface area contributed by atoms with E-state index in [1.165, 1.54) is 22.7 Å². The quantitative estimate of drug-likeness (QED) is 0.453. The second-order valence-corrected chi connectivity index (χ2v) is 11.5. The number of aliphatic carboxylic acids is 1. The summed E-state index contributed by atoms with van der Waals surface area (Å²) in [5.74, 6) is -0.435. The van der Waals surface area contributed by atoms with Crippen molar-refractivity contribution in [2.75, 3.05) is 26.0 Å². The summed E-state index contributed by atoms with van der Waals surface area (Å²) in [4.78, 5) is 21.3. The first-order chi connectivity index (χ1) is 19.0. The van der Waals surface area contributed by atoms with Crippen molar-refractivity contribution in [1.82, 2.24) is 9.62 Å². The number of nitrogens with zero attached hydrogens (tertiary/aromatic N) is 1. The van der Waals surface area contributed by atoms with E-state index in [-0.39, 0.29) is 18.1 Å². The molecule has 0 radical (unpaired) electrons. The SMILES string of the molecule is CC(=O)O.CS(=O)(=O)N1CCc2cc3ccc2C1c1cccc(c1)OCCCNC(=O)Cc1ccc(F)c(c1)O3. The average Bonchev–Trinajstić information content (AvgIpc) is 2.88. The molecule has 0 saturated carbocycles. The van der Waals surface area contributed by atoms with E-state index >= 15 is 0 Å². The van der Waals surface area contributed by atoms with Gasteiger partial charge in [-0.1, -0.05) is 24.3 Å². The highest BCUT2D eigenvalue weighted by atomic mass is 32.2. The Morgan fingerprint density at radius 3 is 2.62 bits per heavy atom. The fourth-order valence-electron chi connectivity index (χ4n) is 4.72. The number of carbonyl (C=O) groups is 2. The predicted octanol–water partition coefficient (Wildman–Crippen LogP) is 4.06. The molecule has 1 atom stereocenters. The third-order valence-electron chi connectivity index (χ3n) is 6.40. The summed E-state index contributed by atoms with van der Waals surface area (Å²) in [6.45, 7) is 2.21. The summed E-state index contributed by atoms with van der Waals surface area (Å²) in [5, 5.41) is 10.3. The van der Waals surface area contributed by atoms with Gasteiger partial charge in [0.2, 0.25) is 15.9 Å². The van der Waals surface area contributed by atoms with Crippen LogP contribution >= 0.6 is 0 Å². The van der Waals surface area contributed by atoms with E-state index in [4.69, 9.17) is 19.4 Å². The molecular formula is C29H31FN2O7S. The Labute approximate surface area is 232 Å². The van der Waals surface area contributed by atoms with Crippen LogP contribution < -0.4 is 14.8 Å². The largest absolute Gasteiger partial charge is 0.494 e. The van der Waals surface area contributed by atoms with Gasteiger partial charge < -0.3 is 19.9 Å². The molecule has 0 saturated heterocycles. The van der Waals surface area contributed by atoms with Gasteiger partial charge in [-0.3, -0.25) is 9.59 Å². The van der Waals surface area contributed by atoms with E-state index < -0.39 is 27.9 Å². The molecule has 0 spiro atoms. The number of nitrogens with one attached hydrogen (secondary N) is 1. The van der Waals surface area contributed by atoms with Crippen LogP contribution in [0, 0.1) is 5.82 Å². The lowest BCUT2D eigenvalue weighted by atomic mass is 9.89. The monoisotopic (exact) mass is 570 g/mol. The van der Waals surface area contributed by atoms with Crippen molar-refractivity contribution in [3.05, 3.63) is 88.7 Å². The lowest BCUT2D eigenvalue weighted by Crippen LogP contribution is -2.39. The van der Waals surface area contributed by atoms with Gasteiger partial charge in [0.25, 0.3) is 5.97 Å². The van der Waals surface area contributed by atoms with Gasteiger partial charge in [0, 0.05) is 20.0 Å². The number of halogens is 1. The van der Waals surface area contributed by atoms with Crippen LogP contribution in [0.4, 0.5) is 4.39 Å². The van der Waals surface area contributed by atoms with Crippen molar-refractivity contribution < 1.29 is 37.0 Å². The molecule has 2 N–H and O–H groups in total. The minimum absolute atomic E-state index is 0.0318. The minimum atomic E-state index is -3.50. The Balaban J connectivity index is 0.000000867. The predicted molar refractivity (Wildman–Crippen MR) is 147 cm³/mol. The van der Waals surface area contributed by atoms with Gasteiger partial charge >= 0.3 is 0 Å². The van der Waals surface area contributed by atoms with E-state index in [2.05, 4.69) is 5.32 Å². The molecule has 9 nitrogen and oxygen atoms in total. The number of rotatable bonds is 1. The number of hydrogen-bond donors (Lipinski definition) is 2. The molecule has 11 heteroatoms. The molecule has 40 heavy (non-hydrogen) atoms. The number of carboxylic acid groups (broad SMARTS) is 1. The Morgan fingerprint density at radius 1 is 1.10 bits per heavy atom. The lowest BCUT2D eigenvalue weighted by molar-refractivity contribution is -0.134. The molecule has 0 fully saturated rings. The van der Waals surface area contributed by atoms with E-state index in [1.54, 1.807) is 12.1 Å². The summed E-state index contributed by atoms with van der Waals surface area (Å²) < 4.78 is 53.3. The van der Waals surface area contributed by atoms with Gasteiger partial charge in [0.15, 0.2) is 11.6 Å². The molecule has 6 rings (SSSR count). The van der Waals surface area contributed by atoms with Crippen LogP contribution in [0.5, 0.6) is 17.2 Å². The maximum absolute atomic E-state index is 14.5. The van der Waals surface area contributed by atoms with Crippen LogP contribution in [0.25, 0.3) is 0 Å². The topological polar surface area (TPSA) is 122 Å². The number of carboxylic acids is 1. The second-order valence-electron chi connectivity index (χ2n) is 9.57. The van der Waals surface area contributed by atoms with Gasteiger partial charge in [0.05, 0.1) is 25.3 Å². The molecule has 8 bridgehead atoms. The molecule has 0 aliphatic carbocycles. The molecule has 3 aliphatic rings. The van der Waals surface area contributed by atoms with Gasteiger partial charge in [-0.15, -0.1) is 0 Å². The summed E-state index contributed by atoms with van der Waals surface area (Å²) in [5.41, 5.74) is 3.20. The molecule has 1 unspecified atom stereocenters. The highest BCUT2D eigenvalue weighted by Gasteiger charge is 2.34. The fraction of sp³-hybridized carbons (Fsp3) is 0.310. The minimum Gasteiger partial charge on any atom is -0.494 e. The Bertz CT molecular complexity index is 1510. The van der Waals surface area contributed by atoms with Crippen molar-refractivity contribution in [3.8, 4) is 17.2 Å². The second kappa shape index (κ2) is 12.5. The normalized spacial score (nSPS) is 17.5. The summed E-state index contributed by atoms with van der Waals surface area (Å²) in [7, 11) is -3.50. The Kier molecular flexibility index (Phi) is 9.06. The summed E-state index contributed by atoms with van der Waals surface area (Å²) in [6, 6.07) is 16.7. The van der Waals surface area contributed by atoms with Crippen LogP contribution in [0.1, 0.15) is 41.6 Å². The first-order valence-corrected chi connectivity index (χ1v) is 14.6. The fourth-order valence-corrected chi connectivity index (χ4v) is 5.76. The lowest BCUT2D eigenvalue weighted by Gasteiger charge is -2.36. The van der Waals surface area contributed by atoms with E-state index in [9.17, 15) is 17.6 Å². The van der Waals surface area contributed by atoms with Gasteiger partial charge in [-0.25, -0.2) is 12.8 Å². The average molecular weight is 571 g/mol. The van der Waals surface area contributed by atoms with Gasteiger partial charge in [0.1, 0.15) is 11.5 Å². The zero-order chi connectivity index (χ0) is 28.9. The third-order valence-corrected chi connectivity index (χ3v) is 7.64. The molecule has 1 amide bonds. The summed E-state index contributed by atoms with van der Waals surface area (Å²) in [6.07, 6.45) is 2.41. The first-order valence-electron chi connectivity index (χ1n) is 12.8.